The molecule has 0 radical (unpaired) electrons. The number of thiophene rings is 1. The van der Waals surface area contributed by atoms with Crippen LogP contribution in [0.4, 0.5) is 4.79 Å². The van der Waals surface area contributed by atoms with Crippen LogP contribution in [0, 0.1) is 0 Å². The maximum Gasteiger partial charge on any atom is 0.318 e. The molecule has 0 saturated carbocycles. The molecular formula is C14H19N3OS. The second-order valence-corrected chi connectivity index (χ2v) is 5.41. The van der Waals surface area contributed by atoms with E-state index in [0.717, 1.165) is 5.69 Å². The number of hydrogen-bond acceptors (Lipinski definition) is 2. The fraction of sp³-hybridized carbons (Fsp3) is 0.357. The maximum absolute atomic E-state index is 12.1. The molecule has 0 aliphatic carbocycles. The molecule has 0 spiro atoms. The Balaban J connectivity index is 2.10. The van der Waals surface area contributed by atoms with E-state index in [0.29, 0.717) is 19.6 Å². The number of hydrogen-bond donors (Lipinski definition) is 1. The lowest BCUT2D eigenvalue weighted by Crippen LogP contribution is -2.39. The van der Waals surface area contributed by atoms with E-state index in [1.807, 2.05) is 53.2 Å². The highest BCUT2D eigenvalue weighted by Gasteiger charge is 2.15. The van der Waals surface area contributed by atoms with E-state index in [9.17, 15) is 4.79 Å². The van der Waals surface area contributed by atoms with Gasteiger partial charge in [0.2, 0.25) is 0 Å². The highest BCUT2D eigenvalue weighted by atomic mass is 32.1. The van der Waals surface area contributed by atoms with Crippen molar-refractivity contribution in [3.8, 4) is 0 Å². The van der Waals surface area contributed by atoms with E-state index >= 15 is 0 Å². The smallest absolute Gasteiger partial charge is 0.318 e. The minimum Gasteiger partial charge on any atom is -0.353 e. The van der Waals surface area contributed by atoms with Gasteiger partial charge in [-0.05, 0) is 30.5 Å². The number of nitrogens with one attached hydrogen (secondary N) is 1. The van der Waals surface area contributed by atoms with Crippen molar-refractivity contribution >= 4 is 17.4 Å². The lowest BCUT2D eigenvalue weighted by Gasteiger charge is -2.22. The van der Waals surface area contributed by atoms with Gasteiger partial charge in [0.25, 0.3) is 0 Å². The van der Waals surface area contributed by atoms with Crippen molar-refractivity contribution in [1.82, 2.24) is 14.8 Å². The first-order valence-corrected chi connectivity index (χ1v) is 7.24. The van der Waals surface area contributed by atoms with Gasteiger partial charge < -0.3 is 14.8 Å². The Bertz CT molecular complexity index is 519. The van der Waals surface area contributed by atoms with Crippen LogP contribution in [0.15, 0.2) is 35.8 Å². The van der Waals surface area contributed by atoms with Gasteiger partial charge in [-0.15, -0.1) is 11.3 Å². The van der Waals surface area contributed by atoms with Crippen LogP contribution in [0.5, 0.6) is 0 Å². The molecule has 5 heteroatoms. The van der Waals surface area contributed by atoms with E-state index in [1.165, 1.54) is 4.88 Å². The van der Waals surface area contributed by atoms with Gasteiger partial charge in [-0.3, -0.25) is 0 Å². The fourth-order valence-corrected chi connectivity index (χ4v) is 2.63. The number of nitrogens with zero attached hydrogens (tertiary/aromatic N) is 2. The molecule has 2 rings (SSSR count). The topological polar surface area (TPSA) is 37.3 Å². The van der Waals surface area contributed by atoms with Crippen LogP contribution in [-0.2, 0) is 20.1 Å². The molecule has 2 amide bonds. The predicted octanol–water partition coefficient (Wildman–Crippen LogP) is 2.82. The van der Waals surface area contributed by atoms with Gasteiger partial charge in [0, 0.05) is 30.4 Å². The predicted molar refractivity (Wildman–Crippen MR) is 78.1 cm³/mol. The molecule has 0 fully saturated rings. The number of carbonyl (C=O) groups excluding carboxylic acids is 1. The molecular weight excluding hydrogens is 258 g/mol. The van der Waals surface area contributed by atoms with Gasteiger partial charge >= 0.3 is 6.03 Å². The first-order chi connectivity index (χ1) is 9.20. The Morgan fingerprint density at radius 1 is 1.37 bits per heavy atom. The van der Waals surface area contributed by atoms with Crippen molar-refractivity contribution in [1.29, 1.82) is 0 Å². The molecule has 2 aromatic rings. The summed E-state index contributed by atoms with van der Waals surface area (Å²) in [7, 11) is 2.00. The number of carbonyl (C=O) groups is 1. The molecule has 4 nitrogen and oxygen atoms in total. The second-order valence-electron chi connectivity index (χ2n) is 4.38. The van der Waals surface area contributed by atoms with E-state index in [4.69, 9.17) is 0 Å². The first kappa shape index (κ1) is 13.7. The number of aromatic nitrogens is 1. The first-order valence-electron chi connectivity index (χ1n) is 6.36. The van der Waals surface area contributed by atoms with Crippen molar-refractivity contribution < 1.29 is 4.79 Å². The van der Waals surface area contributed by atoms with Crippen molar-refractivity contribution in [3.05, 3.63) is 46.4 Å². The molecule has 0 unspecified atom stereocenters. The maximum atomic E-state index is 12.1. The zero-order chi connectivity index (χ0) is 13.7. The van der Waals surface area contributed by atoms with Crippen LogP contribution < -0.4 is 5.32 Å². The third-order valence-corrected chi connectivity index (χ3v) is 3.81. The Hall–Kier alpha value is -1.75. The van der Waals surface area contributed by atoms with Gasteiger partial charge in [0.15, 0.2) is 0 Å². The van der Waals surface area contributed by atoms with Crippen LogP contribution in [-0.4, -0.2) is 22.0 Å². The lowest BCUT2D eigenvalue weighted by molar-refractivity contribution is 0.192. The van der Waals surface area contributed by atoms with E-state index in [2.05, 4.69) is 11.4 Å². The minimum absolute atomic E-state index is 0.0166. The molecule has 0 aliphatic rings. The normalized spacial score (nSPS) is 10.4. The molecule has 0 saturated heterocycles. The van der Waals surface area contributed by atoms with Gasteiger partial charge in [0.1, 0.15) is 0 Å². The standard InChI is InChI=1S/C14H19N3OS/c1-3-15-14(18)17(11-13-7-5-9-19-13)10-12-6-4-8-16(12)2/h4-9H,3,10-11H2,1-2H3,(H,15,18). The average molecular weight is 277 g/mol. The lowest BCUT2D eigenvalue weighted by atomic mass is 10.3. The zero-order valence-electron chi connectivity index (χ0n) is 11.3. The van der Waals surface area contributed by atoms with Crippen LogP contribution in [0.3, 0.4) is 0 Å². The minimum atomic E-state index is -0.0166. The van der Waals surface area contributed by atoms with Crippen molar-refractivity contribution in [2.24, 2.45) is 7.05 Å². The van der Waals surface area contributed by atoms with Crippen LogP contribution >= 0.6 is 11.3 Å². The monoisotopic (exact) mass is 277 g/mol. The summed E-state index contributed by atoms with van der Waals surface area (Å²) in [6, 6.07) is 8.09. The van der Waals surface area contributed by atoms with Crippen LogP contribution in [0.1, 0.15) is 17.5 Å². The summed E-state index contributed by atoms with van der Waals surface area (Å²) in [4.78, 5) is 15.2. The summed E-state index contributed by atoms with van der Waals surface area (Å²) in [6.07, 6.45) is 2.00. The van der Waals surface area contributed by atoms with E-state index in [-0.39, 0.29) is 6.03 Å². The van der Waals surface area contributed by atoms with Gasteiger partial charge in [-0.2, -0.15) is 0 Å². The third kappa shape index (κ3) is 3.61. The van der Waals surface area contributed by atoms with Crippen LogP contribution in [0.2, 0.25) is 0 Å². The summed E-state index contributed by atoms with van der Waals surface area (Å²) in [6.45, 7) is 3.85. The Kier molecular flexibility index (Phi) is 4.63. The molecule has 102 valence electrons. The van der Waals surface area contributed by atoms with E-state index in [1.54, 1.807) is 11.3 Å². The van der Waals surface area contributed by atoms with Crippen LogP contribution in [0.25, 0.3) is 0 Å². The molecule has 0 aromatic carbocycles. The number of amides is 2. The summed E-state index contributed by atoms with van der Waals surface area (Å²) in [5, 5.41) is 4.91. The molecule has 1 N–H and O–H groups in total. The molecule has 0 atom stereocenters. The Labute approximate surface area is 117 Å². The zero-order valence-corrected chi connectivity index (χ0v) is 12.1. The quantitative estimate of drug-likeness (QED) is 0.896. The highest BCUT2D eigenvalue weighted by Crippen LogP contribution is 2.14. The Morgan fingerprint density at radius 3 is 2.79 bits per heavy atom. The third-order valence-electron chi connectivity index (χ3n) is 2.95. The van der Waals surface area contributed by atoms with Crippen molar-refractivity contribution in [2.45, 2.75) is 20.0 Å². The number of rotatable bonds is 5. The number of aryl methyl sites for hydroxylation is 1. The summed E-state index contributed by atoms with van der Waals surface area (Å²) in [5.74, 6) is 0. The highest BCUT2D eigenvalue weighted by molar-refractivity contribution is 7.09. The summed E-state index contributed by atoms with van der Waals surface area (Å²) in [5.41, 5.74) is 1.13. The number of urea groups is 1. The SMILES string of the molecule is CCNC(=O)N(Cc1cccs1)Cc1cccn1C. The second kappa shape index (κ2) is 6.43. The molecule has 19 heavy (non-hydrogen) atoms. The summed E-state index contributed by atoms with van der Waals surface area (Å²) >= 11 is 1.68. The van der Waals surface area contributed by atoms with Crippen molar-refractivity contribution in [3.63, 3.8) is 0 Å². The van der Waals surface area contributed by atoms with Gasteiger partial charge in [0.05, 0.1) is 13.1 Å². The fourth-order valence-electron chi connectivity index (χ4n) is 1.91. The van der Waals surface area contributed by atoms with Gasteiger partial charge in [-0.25, -0.2) is 4.79 Å². The van der Waals surface area contributed by atoms with Gasteiger partial charge in [-0.1, -0.05) is 6.07 Å². The molecule has 2 aromatic heterocycles. The molecule has 0 bridgehead atoms. The van der Waals surface area contributed by atoms with Crippen molar-refractivity contribution in [2.75, 3.05) is 6.54 Å². The average Bonchev–Trinajstić information content (AvgIpc) is 3.02. The molecule has 0 aliphatic heterocycles. The Morgan fingerprint density at radius 2 is 2.21 bits per heavy atom. The van der Waals surface area contributed by atoms with E-state index < -0.39 is 0 Å². The summed E-state index contributed by atoms with van der Waals surface area (Å²) < 4.78 is 2.04. The molecule has 2 heterocycles. The largest absolute Gasteiger partial charge is 0.353 e.